The van der Waals surface area contributed by atoms with E-state index in [1.807, 2.05) is 43.0 Å². The van der Waals surface area contributed by atoms with E-state index in [9.17, 15) is 4.79 Å². The number of amides is 1. The molecule has 0 unspecified atom stereocenters. The molecule has 1 aliphatic heterocycles. The van der Waals surface area contributed by atoms with Crippen molar-refractivity contribution in [3.05, 3.63) is 69.2 Å². The number of rotatable bonds is 5. The highest BCUT2D eigenvalue weighted by Gasteiger charge is 2.23. The molecule has 0 spiro atoms. The molecule has 0 atom stereocenters. The van der Waals surface area contributed by atoms with Gasteiger partial charge in [-0.2, -0.15) is 0 Å². The van der Waals surface area contributed by atoms with Crippen LogP contribution in [0.4, 0.5) is 5.82 Å². The predicted octanol–water partition coefficient (Wildman–Crippen LogP) is 5.10. The Morgan fingerprint density at radius 1 is 0.970 bits per heavy atom. The lowest BCUT2D eigenvalue weighted by molar-refractivity contribution is -0.133. The van der Waals surface area contributed by atoms with Crippen molar-refractivity contribution < 1.29 is 9.53 Å². The zero-order valence-corrected chi connectivity index (χ0v) is 20.5. The highest BCUT2D eigenvalue weighted by atomic mass is 35.5. The molecule has 0 radical (unpaired) electrons. The molecule has 1 aliphatic rings. The van der Waals surface area contributed by atoms with Gasteiger partial charge in [0.15, 0.2) is 12.4 Å². The molecule has 0 aliphatic carbocycles. The first-order valence-electron chi connectivity index (χ1n) is 10.8. The van der Waals surface area contributed by atoms with Gasteiger partial charge in [0.25, 0.3) is 5.91 Å². The van der Waals surface area contributed by atoms with Crippen molar-refractivity contribution in [3.8, 4) is 17.0 Å². The van der Waals surface area contributed by atoms with Crippen LogP contribution in [0.3, 0.4) is 0 Å². The van der Waals surface area contributed by atoms with Gasteiger partial charge in [-0.3, -0.25) is 4.79 Å². The third-order valence-corrected chi connectivity index (χ3v) is 6.48. The molecule has 4 rings (SSSR count). The number of piperazine rings is 1. The lowest BCUT2D eigenvalue weighted by atomic mass is 10.1. The molecule has 0 bridgehead atoms. The van der Waals surface area contributed by atoms with E-state index in [1.165, 1.54) is 0 Å². The molecule has 2 aromatic carbocycles. The molecule has 1 saturated heterocycles. The van der Waals surface area contributed by atoms with Crippen molar-refractivity contribution in [2.45, 2.75) is 20.8 Å². The summed E-state index contributed by atoms with van der Waals surface area (Å²) in [5, 5.41) is 9.82. The van der Waals surface area contributed by atoms with Gasteiger partial charge in [0, 0.05) is 36.8 Å². The molecule has 3 aromatic rings. The standard InChI is InChI=1S/C25H26Cl2N4O2/c1-16-12-17(2)18(3)23(13-16)33-15-25(32)31-10-8-30(9-11-31)24-7-6-22(28-29-24)20-5-4-19(26)14-21(20)27/h4-7,12-14H,8-11,15H2,1-3H3. The molecular formula is C25H26Cl2N4O2. The average Bonchev–Trinajstić information content (AvgIpc) is 2.80. The summed E-state index contributed by atoms with van der Waals surface area (Å²) in [6.45, 7) is 8.73. The van der Waals surface area contributed by atoms with Crippen molar-refractivity contribution in [1.82, 2.24) is 15.1 Å². The smallest absolute Gasteiger partial charge is 0.260 e. The number of halogens is 2. The SMILES string of the molecule is Cc1cc(C)c(C)c(OCC(=O)N2CCN(c3ccc(-c4ccc(Cl)cc4Cl)nn3)CC2)c1. The van der Waals surface area contributed by atoms with E-state index in [1.54, 1.807) is 12.1 Å². The summed E-state index contributed by atoms with van der Waals surface area (Å²) >= 11 is 12.2. The second-order valence-electron chi connectivity index (χ2n) is 8.26. The van der Waals surface area contributed by atoms with Crippen LogP contribution in [-0.2, 0) is 4.79 Å². The van der Waals surface area contributed by atoms with E-state index < -0.39 is 0 Å². The number of aryl methyl sites for hydroxylation is 2. The lowest BCUT2D eigenvalue weighted by Gasteiger charge is -2.35. The monoisotopic (exact) mass is 484 g/mol. The molecule has 2 heterocycles. The Morgan fingerprint density at radius 2 is 1.73 bits per heavy atom. The maximum Gasteiger partial charge on any atom is 0.260 e. The second-order valence-corrected chi connectivity index (χ2v) is 9.11. The molecule has 1 amide bonds. The van der Waals surface area contributed by atoms with Crippen molar-refractivity contribution in [3.63, 3.8) is 0 Å². The molecule has 0 N–H and O–H groups in total. The Balaban J connectivity index is 1.32. The Hall–Kier alpha value is -2.83. The summed E-state index contributed by atoms with van der Waals surface area (Å²) in [6.07, 6.45) is 0. The summed E-state index contributed by atoms with van der Waals surface area (Å²) in [6, 6.07) is 13.2. The molecular weight excluding hydrogens is 459 g/mol. The maximum atomic E-state index is 12.7. The minimum absolute atomic E-state index is 0.00739. The van der Waals surface area contributed by atoms with Crippen LogP contribution in [0, 0.1) is 20.8 Å². The van der Waals surface area contributed by atoms with E-state index in [0.29, 0.717) is 41.9 Å². The van der Waals surface area contributed by atoms with Crippen molar-refractivity contribution in [2.24, 2.45) is 0 Å². The zero-order valence-electron chi connectivity index (χ0n) is 18.9. The van der Waals surface area contributed by atoms with Gasteiger partial charge in [-0.1, -0.05) is 29.3 Å². The fourth-order valence-electron chi connectivity index (χ4n) is 3.90. The minimum atomic E-state index is -0.00739. The number of benzene rings is 2. The Labute approximate surface area is 204 Å². The maximum absolute atomic E-state index is 12.7. The Kier molecular flexibility index (Phi) is 7.05. The van der Waals surface area contributed by atoms with Crippen LogP contribution >= 0.6 is 23.2 Å². The summed E-state index contributed by atoms with van der Waals surface area (Å²) in [5.41, 5.74) is 4.83. The molecule has 6 nitrogen and oxygen atoms in total. The number of carbonyl (C=O) groups excluding carboxylic acids is 1. The highest BCUT2D eigenvalue weighted by Crippen LogP contribution is 2.29. The molecule has 172 valence electrons. The number of carbonyl (C=O) groups is 1. The van der Waals surface area contributed by atoms with E-state index in [-0.39, 0.29) is 12.5 Å². The molecule has 8 heteroatoms. The highest BCUT2D eigenvalue weighted by molar-refractivity contribution is 6.36. The average molecular weight is 485 g/mol. The number of nitrogens with zero attached hydrogens (tertiary/aromatic N) is 4. The molecule has 1 aromatic heterocycles. The molecule has 1 fully saturated rings. The van der Waals surface area contributed by atoms with Gasteiger partial charge in [0.05, 0.1) is 10.7 Å². The van der Waals surface area contributed by atoms with Crippen LogP contribution in [0.5, 0.6) is 5.75 Å². The molecule has 0 saturated carbocycles. The number of hydrogen-bond acceptors (Lipinski definition) is 5. The van der Waals surface area contributed by atoms with E-state index in [4.69, 9.17) is 27.9 Å². The van der Waals surface area contributed by atoms with Crippen LogP contribution in [0.2, 0.25) is 10.0 Å². The third-order valence-electron chi connectivity index (χ3n) is 5.93. The van der Waals surface area contributed by atoms with Crippen LogP contribution in [0.25, 0.3) is 11.3 Å². The number of aromatic nitrogens is 2. The zero-order chi connectivity index (χ0) is 23.5. The largest absolute Gasteiger partial charge is 0.483 e. The number of anilines is 1. The van der Waals surface area contributed by atoms with Crippen molar-refractivity contribution >= 4 is 34.9 Å². The number of ether oxygens (including phenoxy) is 1. The Bertz CT molecular complexity index is 1160. The first kappa shape index (κ1) is 23.3. The first-order valence-corrected chi connectivity index (χ1v) is 11.6. The summed E-state index contributed by atoms with van der Waals surface area (Å²) in [7, 11) is 0. The Morgan fingerprint density at radius 3 is 2.39 bits per heavy atom. The van der Waals surface area contributed by atoms with Gasteiger partial charge in [-0.05, 0) is 73.9 Å². The van der Waals surface area contributed by atoms with Crippen LogP contribution in [0.1, 0.15) is 16.7 Å². The third kappa shape index (κ3) is 5.40. The van der Waals surface area contributed by atoms with E-state index >= 15 is 0 Å². The fraction of sp³-hybridized carbons (Fsp3) is 0.320. The predicted molar refractivity (Wildman–Crippen MR) is 132 cm³/mol. The van der Waals surface area contributed by atoms with Crippen LogP contribution in [-0.4, -0.2) is 53.8 Å². The van der Waals surface area contributed by atoms with Gasteiger partial charge >= 0.3 is 0 Å². The van der Waals surface area contributed by atoms with Gasteiger partial charge < -0.3 is 14.5 Å². The number of hydrogen-bond donors (Lipinski definition) is 0. The lowest BCUT2D eigenvalue weighted by Crippen LogP contribution is -2.50. The van der Waals surface area contributed by atoms with Gasteiger partial charge in [-0.25, -0.2) is 0 Å². The fourth-order valence-corrected chi connectivity index (χ4v) is 4.41. The van der Waals surface area contributed by atoms with E-state index in [0.717, 1.165) is 33.8 Å². The van der Waals surface area contributed by atoms with Crippen molar-refractivity contribution in [1.29, 1.82) is 0 Å². The summed E-state index contributed by atoms with van der Waals surface area (Å²) in [4.78, 5) is 16.6. The summed E-state index contributed by atoms with van der Waals surface area (Å²) < 4.78 is 5.85. The quantitative estimate of drug-likeness (QED) is 0.503. The van der Waals surface area contributed by atoms with E-state index in [2.05, 4.69) is 28.1 Å². The first-order chi connectivity index (χ1) is 15.8. The van der Waals surface area contributed by atoms with Crippen LogP contribution in [0.15, 0.2) is 42.5 Å². The van der Waals surface area contributed by atoms with Crippen LogP contribution < -0.4 is 9.64 Å². The normalized spacial score (nSPS) is 13.8. The summed E-state index contributed by atoms with van der Waals surface area (Å²) in [5.74, 6) is 1.54. The molecule has 33 heavy (non-hydrogen) atoms. The topological polar surface area (TPSA) is 58.6 Å². The van der Waals surface area contributed by atoms with Crippen molar-refractivity contribution in [2.75, 3.05) is 37.7 Å². The minimum Gasteiger partial charge on any atom is -0.483 e. The van der Waals surface area contributed by atoms with Gasteiger partial charge in [0.1, 0.15) is 5.75 Å². The van der Waals surface area contributed by atoms with Gasteiger partial charge in [-0.15, -0.1) is 10.2 Å². The second kappa shape index (κ2) is 9.98. The van der Waals surface area contributed by atoms with Gasteiger partial charge in [0.2, 0.25) is 0 Å².